The molecule has 3 heterocycles. The zero-order valence-electron chi connectivity index (χ0n) is 20.5. The zero-order chi connectivity index (χ0) is 25.9. The average Bonchev–Trinajstić information content (AvgIpc) is 3.42. The molecule has 7 nitrogen and oxygen atoms in total. The van der Waals surface area contributed by atoms with Crippen LogP contribution in [0.1, 0.15) is 65.8 Å². The molecule has 0 spiro atoms. The van der Waals surface area contributed by atoms with Crippen LogP contribution in [0.5, 0.6) is 0 Å². The van der Waals surface area contributed by atoms with Crippen molar-refractivity contribution in [3.63, 3.8) is 0 Å². The molecule has 0 bridgehead atoms. The van der Waals surface area contributed by atoms with Crippen molar-refractivity contribution in [2.45, 2.75) is 56.6 Å². The number of unbranched alkanes of at least 4 members (excludes halogenated alkanes) is 4. The van der Waals surface area contributed by atoms with Gasteiger partial charge in [-0.05, 0) is 54.8 Å². The molecule has 37 heavy (non-hydrogen) atoms. The first-order valence-corrected chi connectivity index (χ1v) is 13.7. The molecule has 0 aliphatic heterocycles. The summed E-state index contributed by atoms with van der Waals surface area (Å²) in [6, 6.07) is 10.8. The second-order valence-electron chi connectivity index (χ2n) is 8.78. The van der Waals surface area contributed by atoms with Crippen LogP contribution in [-0.2, 0) is 13.0 Å². The van der Waals surface area contributed by atoms with Gasteiger partial charge in [-0.2, -0.15) is 4.98 Å². The lowest BCUT2D eigenvalue weighted by molar-refractivity contribution is 0.0979. The number of hydrogen-bond acceptors (Lipinski definition) is 7. The molecule has 4 aromatic rings. The van der Waals surface area contributed by atoms with E-state index in [9.17, 15) is 9.59 Å². The highest BCUT2D eigenvalue weighted by molar-refractivity contribution is 7.99. The Kier molecular flexibility index (Phi) is 10.1. The predicted molar refractivity (Wildman–Crippen MR) is 145 cm³/mol. The molecule has 3 aromatic heterocycles. The molecule has 0 unspecified atom stereocenters. The number of carbonyl (C=O) groups is 1. The van der Waals surface area contributed by atoms with Gasteiger partial charge in [0.25, 0.3) is 5.56 Å². The SMILES string of the molecule is O=C(CCCCCCCSc1nc(=O)c(Cc2cncnc2)cn1Cc1ccco1)c1ccc(Cl)cc1. The van der Waals surface area contributed by atoms with E-state index >= 15 is 0 Å². The van der Waals surface area contributed by atoms with Gasteiger partial charge >= 0.3 is 0 Å². The summed E-state index contributed by atoms with van der Waals surface area (Å²) < 4.78 is 7.50. The normalized spacial score (nSPS) is 11.1. The number of nitrogens with zero attached hydrogens (tertiary/aromatic N) is 4. The highest BCUT2D eigenvalue weighted by atomic mass is 35.5. The number of benzene rings is 1. The van der Waals surface area contributed by atoms with Crippen molar-refractivity contribution in [1.82, 2.24) is 19.5 Å². The number of rotatable bonds is 14. The van der Waals surface area contributed by atoms with Gasteiger partial charge in [0, 0.05) is 53.3 Å². The van der Waals surface area contributed by atoms with E-state index < -0.39 is 0 Å². The smallest absolute Gasteiger partial charge is 0.277 e. The van der Waals surface area contributed by atoms with Gasteiger partial charge in [-0.3, -0.25) is 9.59 Å². The molecule has 0 atom stereocenters. The molecule has 192 valence electrons. The van der Waals surface area contributed by atoms with Crippen molar-refractivity contribution in [3.05, 3.63) is 105 Å². The molecule has 4 rings (SSSR count). The molecule has 0 saturated carbocycles. The van der Waals surface area contributed by atoms with Crippen molar-refractivity contribution in [1.29, 1.82) is 0 Å². The van der Waals surface area contributed by atoms with Crippen molar-refractivity contribution in [3.8, 4) is 0 Å². The first kappa shape index (κ1) is 26.8. The fraction of sp³-hybridized carbons (Fsp3) is 0.321. The van der Waals surface area contributed by atoms with Crippen LogP contribution in [0.4, 0.5) is 0 Å². The number of halogens is 1. The van der Waals surface area contributed by atoms with Crippen molar-refractivity contribution in [2.75, 3.05) is 5.75 Å². The van der Waals surface area contributed by atoms with Gasteiger partial charge in [-0.15, -0.1) is 0 Å². The quantitative estimate of drug-likeness (QED) is 0.0815. The highest BCUT2D eigenvalue weighted by Crippen LogP contribution is 2.20. The van der Waals surface area contributed by atoms with Crippen LogP contribution < -0.4 is 5.56 Å². The molecule has 9 heteroatoms. The number of aromatic nitrogens is 4. The number of thioether (sulfide) groups is 1. The summed E-state index contributed by atoms with van der Waals surface area (Å²) in [6.07, 6.45) is 14.4. The molecule has 1 aromatic carbocycles. The van der Waals surface area contributed by atoms with Gasteiger partial charge < -0.3 is 8.98 Å². The van der Waals surface area contributed by atoms with Gasteiger partial charge in [0.15, 0.2) is 10.9 Å². The summed E-state index contributed by atoms with van der Waals surface area (Å²) in [6.45, 7) is 0.503. The van der Waals surface area contributed by atoms with Gasteiger partial charge in [-0.25, -0.2) is 9.97 Å². The molecule has 0 amide bonds. The van der Waals surface area contributed by atoms with E-state index in [4.69, 9.17) is 16.0 Å². The Hall–Kier alpha value is -3.23. The van der Waals surface area contributed by atoms with Crippen LogP contribution in [0.3, 0.4) is 0 Å². The minimum atomic E-state index is -0.229. The Bertz CT molecular complexity index is 1330. The maximum atomic E-state index is 12.7. The topological polar surface area (TPSA) is 90.9 Å². The number of hydrogen-bond donors (Lipinski definition) is 0. The first-order valence-electron chi connectivity index (χ1n) is 12.4. The molecule has 0 N–H and O–H groups in total. The van der Waals surface area contributed by atoms with Gasteiger partial charge in [0.05, 0.1) is 12.8 Å². The van der Waals surface area contributed by atoms with E-state index in [2.05, 4.69) is 15.0 Å². The third-order valence-corrected chi connectivity index (χ3v) is 7.22. The number of Topliss-reactive ketones (excluding diaryl/α,β-unsaturated/α-hetero) is 1. The van der Waals surface area contributed by atoms with Crippen molar-refractivity contribution in [2.24, 2.45) is 0 Å². The lowest BCUT2D eigenvalue weighted by Gasteiger charge is -2.13. The van der Waals surface area contributed by atoms with E-state index in [0.29, 0.717) is 35.1 Å². The van der Waals surface area contributed by atoms with E-state index in [1.165, 1.54) is 6.33 Å². The summed E-state index contributed by atoms with van der Waals surface area (Å²) in [7, 11) is 0. The third kappa shape index (κ3) is 8.40. The van der Waals surface area contributed by atoms with Gasteiger partial charge in [0.2, 0.25) is 0 Å². The highest BCUT2D eigenvalue weighted by Gasteiger charge is 2.12. The minimum absolute atomic E-state index is 0.163. The maximum Gasteiger partial charge on any atom is 0.277 e. The Labute approximate surface area is 225 Å². The fourth-order valence-corrected chi connectivity index (χ4v) is 5.03. The summed E-state index contributed by atoms with van der Waals surface area (Å²) in [5.74, 6) is 1.82. The maximum absolute atomic E-state index is 12.7. The van der Waals surface area contributed by atoms with Crippen LogP contribution in [-0.4, -0.2) is 31.1 Å². The monoisotopic (exact) mass is 536 g/mol. The standard InChI is InChI=1S/C28H29ClN4O3S/c29-24-11-9-22(10-12-24)26(34)8-4-2-1-3-5-14-37-28-32-27(35)23(15-21-16-30-20-31-17-21)18-33(28)19-25-7-6-13-36-25/h6-7,9-13,16-18,20H,1-5,8,14-15,19H2. The van der Waals surface area contributed by atoms with Crippen LogP contribution in [0.2, 0.25) is 5.02 Å². The van der Waals surface area contributed by atoms with Crippen LogP contribution in [0, 0.1) is 0 Å². The summed E-state index contributed by atoms with van der Waals surface area (Å²) >= 11 is 7.47. The fourth-order valence-electron chi connectivity index (χ4n) is 3.94. The minimum Gasteiger partial charge on any atom is -0.467 e. The van der Waals surface area contributed by atoms with E-state index in [1.807, 2.05) is 22.9 Å². The molecule has 0 radical (unpaired) electrons. The first-order chi connectivity index (χ1) is 18.1. The number of furan rings is 1. The Balaban J connectivity index is 1.25. The zero-order valence-corrected chi connectivity index (χ0v) is 22.1. The summed E-state index contributed by atoms with van der Waals surface area (Å²) in [4.78, 5) is 37.5. The van der Waals surface area contributed by atoms with Crippen LogP contribution in [0.25, 0.3) is 0 Å². The van der Waals surface area contributed by atoms with Crippen LogP contribution in [0.15, 0.2) is 81.9 Å². The van der Waals surface area contributed by atoms with Crippen LogP contribution >= 0.6 is 23.4 Å². The van der Waals surface area contributed by atoms with E-state index in [1.54, 1.807) is 54.7 Å². The van der Waals surface area contributed by atoms with Crippen molar-refractivity contribution < 1.29 is 9.21 Å². The average molecular weight is 537 g/mol. The van der Waals surface area contributed by atoms with Gasteiger partial charge in [0.1, 0.15) is 12.1 Å². The number of carbonyl (C=O) groups excluding carboxylic acids is 1. The Morgan fingerprint density at radius 2 is 1.76 bits per heavy atom. The predicted octanol–water partition coefficient (Wildman–Crippen LogP) is 6.23. The van der Waals surface area contributed by atoms with Gasteiger partial charge in [-0.1, -0.05) is 42.6 Å². The van der Waals surface area contributed by atoms with Crippen molar-refractivity contribution >= 4 is 29.1 Å². The second kappa shape index (κ2) is 13.9. The molecular formula is C28H29ClN4O3S. The summed E-state index contributed by atoms with van der Waals surface area (Å²) in [5.41, 5.74) is 1.95. The lowest BCUT2D eigenvalue weighted by Crippen LogP contribution is -2.20. The van der Waals surface area contributed by atoms with E-state index in [0.717, 1.165) is 54.7 Å². The molecule has 0 saturated heterocycles. The molecule has 0 fully saturated rings. The molecule has 0 aliphatic rings. The largest absolute Gasteiger partial charge is 0.467 e. The molecule has 0 aliphatic carbocycles. The lowest BCUT2D eigenvalue weighted by atomic mass is 10.0. The molecular weight excluding hydrogens is 508 g/mol. The summed E-state index contributed by atoms with van der Waals surface area (Å²) in [5, 5.41) is 1.32. The second-order valence-corrected chi connectivity index (χ2v) is 10.3. The van der Waals surface area contributed by atoms with E-state index in [-0.39, 0.29) is 11.3 Å². The Morgan fingerprint density at radius 1 is 1.00 bits per heavy atom. The Morgan fingerprint density at radius 3 is 2.51 bits per heavy atom. The number of ketones is 1. The third-order valence-electron chi connectivity index (χ3n) is 5.89.